The molecule has 0 unspecified atom stereocenters. The number of pyridine rings is 1. The van der Waals surface area contributed by atoms with Crippen molar-refractivity contribution in [2.24, 2.45) is 0 Å². The second-order valence-corrected chi connectivity index (χ2v) is 3.44. The summed E-state index contributed by atoms with van der Waals surface area (Å²) in [6.07, 6.45) is 5.37. The summed E-state index contributed by atoms with van der Waals surface area (Å²) in [6, 6.07) is 3.72. The normalized spacial score (nSPS) is 10.2. The van der Waals surface area contributed by atoms with E-state index in [0.29, 0.717) is 17.1 Å². The quantitative estimate of drug-likeness (QED) is 0.834. The molecule has 76 valence electrons. The fraction of sp³-hybridized carbons (Fsp3) is 0.100. The molecule has 0 aliphatic rings. The van der Waals surface area contributed by atoms with E-state index < -0.39 is 0 Å². The highest BCUT2D eigenvalue weighted by Gasteiger charge is 2.03. The zero-order chi connectivity index (χ0) is 10.7. The van der Waals surface area contributed by atoms with Crippen LogP contribution in [0.25, 0.3) is 0 Å². The Morgan fingerprint density at radius 3 is 2.80 bits per heavy atom. The molecule has 0 fully saturated rings. The van der Waals surface area contributed by atoms with Crippen LogP contribution in [0.1, 0.15) is 11.3 Å². The molecule has 0 saturated carbocycles. The van der Waals surface area contributed by atoms with E-state index in [2.05, 4.69) is 15.0 Å². The molecule has 0 aliphatic heterocycles. The molecule has 5 heteroatoms. The van der Waals surface area contributed by atoms with E-state index in [-0.39, 0.29) is 5.69 Å². The average Bonchev–Trinajstić information content (AvgIpc) is 2.25. The van der Waals surface area contributed by atoms with Crippen molar-refractivity contribution in [2.75, 3.05) is 0 Å². The molecule has 15 heavy (non-hydrogen) atoms. The number of aromatic amines is 1. The summed E-state index contributed by atoms with van der Waals surface area (Å²) in [5.41, 5.74) is 1.21. The highest BCUT2D eigenvalue weighted by molar-refractivity contribution is 6.31. The Kier molecular flexibility index (Phi) is 2.78. The first kappa shape index (κ1) is 9.86. The van der Waals surface area contributed by atoms with Gasteiger partial charge in [-0.05, 0) is 17.7 Å². The smallest absolute Gasteiger partial charge is 0.311 e. The zero-order valence-corrected chi connectivity index (χ0v) is 8.53. The van der Waals surface area contributed by atoms with Crippen molar-refractivity contribution in [2.45, 2.75) is 6.42 Å². The van der Waals surface area contributed by atoms with E-state index in [4.69, 9.17) is 11.6 Å². The van der Waals surface area contributed by atoms with E-state index in [1.165, 1.54) is 6.20 Å². The van der Waals surface area contributed by atoms with Crippen LogP contribution >= 0.6 is 11.6 Å². The Hall–Kier alpha value is -1.68. The summed E-state index contributed by atoms with van der Waals surface area (Å²) in [4.78, 5) is 21.1. The Balaban J connectivity index is 2.32. The number of hydrogen-bond acceptors (Lipinski definition) is 3. The number of halogens is 1. The Morgan fingerprint density at radius 2 is 2.07 bits per heavy atom. The number of H-pyrrole nitrogens is 1. The molecule has 2 rings (SSSR count). The number of hydrogen-bond donors (Lipinski definition) is 1. The minimum absolute atomic E-state index is 0.386. The van der Waals surface area contributed by atoms with Gasteiger partial charge in [0.1, 0.15) is 0 Å². The van der Waals surface area contributed by atoms with Gasteiger partial charge >= 0.3 is 5.69 Å². The van der Waals surface area contributed by atoms with Gasteiger partial charge in [0.25, 0.3) is 0 Å². The number of aromatic nitrogens is 3. The summed E-state index contributed by atoms with van der Waals surface area (Å²) >= 11 is 5.90. The molecule has 0 atom stereocenters. The monoisotopic (exact) mass is 221 g/mol. The highest BCUT2D eigenvalue weighted by atomic mass is 35.5. The lowest BCUT2D eigenvalue weighted by molar-refractivity contribution is 0.975. The third kappa shape index (κ3) is 2.41. The third-order valence-corrected chi connectivity index (χ3v) is 2.28. The molecule has 0 saturated heterocycles. The van der Waals surface area contributed by atoms with Crippen LogP contribution in [-0.2, 0) is 6.42 Å². The van der Waals surface area contributed by atoms with Crippen LogP contribution in [-0.4, -0.2) is 15.0 Å². The minimum Gasteiger partial charge on any atom is -0.311 e. The highest BCUT2D eigenvalue weighted by Crippen LogP contribution is 2.13. The van der Waals surface area contributed by atoms with E-state index in [1.54, 1.807) is 12.4 Å². The second-order valence-electron chi connectivity index (χ2n) is 3.03. The molecule has 0 bridgehead atoms. The number of nitrogens with one attached hydrogen (secondary N) is 1. The molecule has 2 heterocycles. The van der Waals surface area contributed by atoms with Gasteiger partial charge in [-0.2, -0.15) is 4.98 Å². The topological polar surface area (TPSA) is 58.6 Å². The minimum atomic E-state index is -0.386. The van der Waals surface area contributed by atoms with Crippen molar-refractivity contribution in [3.05, 3.63) is 57.5 Å². The summed E-state index contributed by atoms with van der Waals surface area (Å²) < 4.78 is 0. The first-order valence-corrected chi connectivity index (χ1v) is 4.76. The van der Waals surface area contributed by atoms with Gasteiger partial charge < -0.3 is 4.98 Å². The fourth-order valence-electron chi connectivity index (χ4n) is 1.23. The number of nitrogens with zero attached hydrogens (tertiary/aromatic N) is 2. The third-order valence-electron chi connectivity index (χ3n) is 1.96. The zero-order valence-electron chi connectivity index (χ0n) is 7.77. The maximum Gasteiger partial charge on any atom is 0.345 e. The predicted octanol–water partition coefficient (Wildman–Crippen LogP) is 1.41. The Bertz CT molecular complexity index is 510. The molecular formula is C10H8ClN3O. The van der Waals surface area contributed by atoms with E-state index in [1.807, 2.05) is 12.1 Å². The van der Waals surface area contributed by atoms with Crippen LogP contribution in [0.2, 0.25) is 5.02 Å². The largest absolute Gasteiger partial charge is 0.345 e. The van der Waals surface area contributed by atoms with Crippen molar-refractivity contribution < 1.29 is 0 Å². The lowest BCUT2D eigenvalue weighted by Gasteiger charge is -2.01. The molecule has 2 aromatic heterocycles. The van der Waals surface area contributed by atoms with Gasteiger partial charge in [-0.3, -0.25) is 4.98 Å². The van der Waals surface area contributed by atoms with Crippen LogP contribution < -0.4 is 5.69 Å². The first-order chi connectivity index (χ1) is 7.25. The van der Waals surface area contributed by atoms with Gasteiger partial charge in [0.2, 0.25) is 0 Å². The average molecular weight is 222 g/mol. The molecule has 0 radical (unpaired) electrons. The Morgan fingerprint density at radius 1 is 1.33 bits per heavy atom. The van der Waals surface area contributed by atoms with Gasteiger partial charge in [-0.25, -0.2) is 4.79 Å². The van der Waals surface area contributed by atoms with E-state index >= 15 is 0 Å². The summed E-state index contributed by atoms with van der Waals surface area (Å²) in [5, 5.41) is 0.464. The van der Waals surface area contributed by atoms with E-state index in [9.17, 15) is 4.79 Å². The molecular weight excluding hydrogens is 214 g/mol. The van der Waals surface area contributed by atoms with Crippen LogP contribution in [0.5, 0.6) is 0 Å². The van der Waals surface area contributed by atoms with Gasteiger partial charge in [0.15, 0.2) is 0 Å². The van der Waals surface area contributed by atoms with Crippen molar-refractivity contribution in [1.29, 1.82) is 0 Å². The van der Waals surface area contributed by atoms with E-state index in [0.717, 1.165) is 5.56 Å². The molecule has 4 nitrogen and oxygen atoms in total. The summed E-state index contributed by atoms with van der Waals surface area (Å²) in [6.45, 7) is 0. The standard InChI is InChI=1S/C10H8ClN3O/c11-8-6-13-10(15)14-9(8)5-7-1-3-12-4-2-7/h1-4,6H,5H2,(H,13,14,15). The summed E-state index contributed by atoms with van der Waals surface area (Å²) in [7, 11) is 0. The van der Waals surface area contributed by atoms with Crippen molar-refractivity contribution in [3.8, 4) is 0 Å². The molecule has 2 aromatic rings. The van der Waals surface area contributed by atoms with Crippen LogP contribution in [0.4, 0.5) is 0 Å². The van der Waals surface area contributed by atoms with Gasteiger partial charge in [0, 0.05) is 25.0 Å². The van der Waals surface area contributed by atoms with Crippen LogP contribution in [0.15, 0.2) is 35.5 Å². The van der Waals surface area contributed by atoms with Crippen LogP contribution in [0.3, 0.4) is 0 Å². The lowest BCUT2D eigenvalue weighted by atomic mass is 10.1. The van der Waals surface area contributed by atoms with Crippen molar-refractivity contribution in [3.63, 3.8) is 0 Å². The summed E-state index contributed by atoms with van der Waals surface area (Å²) in [5.74, 6) is 0. The molecule has 1 N–H and O–H groups in total. The van der Waals surface area contributed by atoms with Gasteiger partial charge in [-0.1, -0.05) is 11.6 Å². The second kappa shape index (κ2) is 4.23. The lowest BCUT2D eigenvalue weighted by Crippen LogP contribution is -2.12. The SMILES string of the molecule is O=c1nc(Cc2ccncc2)c(Cl)c[nH]1. The fourth-order valence-corrected chi connectivity index (χ4v) is 1.40. The van der Waals surface area contributed by atoms with Gasteiger partial charge in [0.05, 0.1) is 10.7 Å². The molecule has 0 amide bonds. The molecule has 0 aromatic carbocycles. The maximum atomic E-state index is 11.0. The Labute approximate surface area is 91.0 Å². The number of rotatable bonds is 2. The van der Waals surface area contributed by atoms with Crippen LogP contribution in [0, 0.1) is 0 Å². The van der Waals surface area contributed by atoms with Crippen molar-refractivity contribution >= 4 is 11.6 Å². The molecule has 0 spiro atoms. The molecule has 0 aliphatic carbocycles. The van der Waals surface area contributed by atoms with Gasteiger partial charge in [-0.15, -0.1) is 0 Å². The van der Waals surface area contributed by atoms with Crippen molar-refractivity contribution in [1.82, 2.24) is 15.0 Å². The predicted molar refractivity (Wildman–Crippen MR) is 56.9 cm³/mol. The first-order valence-electron chi connectivity index (χ1n) is 4.39. The maximum absolute atomic E-state index is 11.0.